The number of ether oxygens (including phenoxy) is 1. The molecule has 1 heterocycles. The SMILES string of the molecule is COc1ccc2c(C)c(CCC(=O)Nc3c(C)cc(C)cc3Cl)c(=O)oc2c1. The summed E-state index contributed by atoms with van der Waals surface area (Å²) in [7, 11) is 1.56. The van der Waals surface area contributed by atoms with Crippen molar-refractivity contribution in [3.63, 3.8) is 0 Å². The van der Waals surface area contributed by atoms with Crippen LogP contribution in [0.25, 0.3) is 11.0 Å². The van der Waals surface area contributed by atoms with Crippen molar-refractivity contribution >= 4 is 34.2 Å². The Balaban J connectivity index is 1.80. The predicted octanol–water partition coefficient (Wildman–Crippen LogP) is 4.95. The van der Waals surface area contributed by atoms with Gasteiger partial charge < -0.3 is 14.5 Å². The highest BCUT2D eigenvalue weighted by Gasteiger charge is 2.15. The molecule has 1 N–H and O–H groups in total. The first-order valence-corrected chi connectivity index (χ1v) is 9.35. The number of aryl methyl sites for hydroxylation is 3. The number of amides is 1. The lowest BCUT2D eigenvalue weighted by Gasteiger charge is -2.12. The number of fused-ring (bicyclic) bond motifs is 1. The van der Waals surface area contributed by atoms with Gasteiger partial charge in [0.25, 0.3) is 0 Å². The molecule has 0 atom stereocenters. The number of carbonyl (C=O) groups is 1. The minimum atomic E-state index is -0.435. The summed E-state index contributed by atoms with van der Waals surface area (Å²) in [4.78, 5) is 24.8. The standard InChI is InChI=1S/C22H22ClNO4/c1-12-9-13(2)21(18(23)10-12)24-20(25)8-7-17-14(3)16-6-5-15(27-4)11-19(16)28-22(17)26/h5-6,9-11H,7-8H2,1-4H3,(H,24,25). The minimum Gasteiger partial charge on any atom is -0.497 e. The molecule has 1 amide bonds. The molecule has 0 aliphatic carbocycles. The van der Waals surface area contributed by atoms with Crippen molar-refractivity contribution in [2.45, 2.75) is 33.6 Å². The van der Waals surface area contributed by atoms with Crippen LogP contribution in [0.4, 0.5) is 5.69 Å². The van der Waals surface area contributed by atoms with Crippen LogP contribution in [0.3, 0.4) is 0 Å². The van der Waals surface area contributed by atoms with Gasteiger partial charge in [0.1, 0.15) is 11.3 Å². The quantitative estimate of drug-likeness (QED) is 0.616. The number of carbonyl (C=O) groups excluding carboxylic acids is 1. The molecule has 0 saturated carbocycles. The molecule has 2 aromatic carbocycles. The molecule has 0 radical (unpaired) electrons. The number of nitrogens with one attached hydrogen (secondary N) is 1. The monoisotopic (exact) mass is 399 g/mol. The van der Waals surface area contributed by atoms with Crippen LogP contribution >= 0.6 is 11.6 Å². The fourth-order valence-corrected chi connectivity index (χ4v) is 3.67. The second kappa shape index (κ2) is 8.07. The van der Waals surface area contributed by atoms with E-state index in [1.807, 2.05) is 39.0 Å². The number of benzene rings is 2. The van der Waals surface area contributed by atoms with E-state index in [0.29, 0.717) is 27.6 Å². The molecular formula is C22H22ClNO4. The molecule has 28 heavy (non-hydrogen) atoms. The summed E-state index contributed by atoms with van der Waals surface area (Å²) < 4.78 is 10.6. The van der Waals surface area contributed by atoms with Crippen LogP contribution in [0.2, 0.25) is 5.02 Å². The van der Waals surface area contributed by atoms with Crippen molar-refractivity contribution < 1.29 is 13.9 Å². The van der Waals surface area contributed by atoms with Gasteiger partial charge in [-0.15, -0.1) is 0 Å². The Morgan fingerprint density at radius 2 is 1.93 bits per heavy atom. The van der Waals surface area contributed by atoms with E-state index in [0.717, 1.165) is 22.1 Å². The van der Waals surface area contributed by atoms with Crippen LogP contribution in [0.5, 0.6) is 5.75 Å². The van der Waals surface area contributed by atoms with Crippen LogP contribution in [-0.2, 0) is 11.2 Å². The smallest absolute Gasteiger partial charge is 0.339 e. The van der Waals surface area contributed by atoms with Crippen molar-refractivity contribution in [2.75, 3.05) is 12.4 Å². The fourth-order valence-electron chi connectivity index (χ4n) is 3.31. The van der Waals surface area contributed by atoms with Crippen molar-refractivity contribution in [2.24, 2.45) is 0 Å². The molecule has 0 saturated heterocycles. The third kappa shape index (κ3) is 4.04. The zero-order valence-electron chi connectivity index (χ0n) is 16.3. The van der Waals surface area contributed by atoms with Crippen LogP contribution in [0.1, 0.15) is 28.7 Å². The molecule has 5 nitrogen and oxygen atoms in total. The number of methoxy groups -OCH3 is 1. The maximum Gasteiger partial charge on any atom is 0.339 e. The maximum atomic E-state index is 12.4. The molecular weight excluding hydrogens is 378 g/mol. The zero-order valence-corrected chi connectivity index (χ0v) is 17.1. The molecule has 0 unspecified atom stereocenters. The average molecular weight is 400 g/mol. The highest BCUT2D eigenvalue weighted by atomic mass is 35.5. The van der Waals surface area contributed by atoms with E-state index in [4.69, 9.17) is 20.8 Å². The highest BCUT2D eigenvalue weighted by molar-refractivity contribution is 6.34. The number of hydrogen-bond donors (Lipinski definition) is 1. The third-order valence-electron chi connectivity index (χ3n) is 4.79. The van der Waals surface area contributed by atoms with Crippen LogP contribution in [0, 0.1) is 20.8 Å². The van der Waals surface area contributed by atoms with Crippen molar-refractivity contribution in [1.82, 2.24) is 0 Å². The summed E-state index contributed by atoms with van der Waals surface area (Å²) in [5.74, 6) is 0.412. The molecule has 3 rings (SSSR count). The lowest BCUT2D eigenvalue weighted by atomic mass is 10.0. The van der Waals surface area contributed by atoms with Crippen LogP contribution in [0.15, 0.2) is 39.5 Å². The van der Waals surface area contributed by atoms with Crippen LogP contribution in [-0.4, -0.2) is 13.0 Å². The first-order valence-electron chi connectivity index (χ1n) is 8.97. The first-order chi connectivity index (χ1) is 13.3. The van der Waals surface area contributed by atoms with E-state index in [-0.39, 0.29) is 18.7 Å². The number of hydrogen-bond acceptors (Lipinski definition) is 4. The molecule has 0 spiro atoms. The lowest BCUT2D eigenvalue weighted by Crippen LogP contribution is -2.17. The number of anilines is 1. The van der Waals surface area contributed by atoms with E-state index < -0.39 is 5.63 Å². The van der Waals surface area contributed by atoms with E-state index in [2.05, 4.69) is 5.32 Å². The Morgan fingerprint density at radius 1 is 1.18 bits per heavy atom. The summed E-state index contributed by atoms with van der Waals surface area (Å²) in [5, 5.41) is 4.18. The molecule has 0 aliphatic rings. The molecule has 1 aromatic heterocycles. The minimum absolute atomic E-state index is 0.150. The lowest BCUT2D eigenvalue weighted by molar-refractivity contribution is -0.116. The Bertz CT molecular complexity index is 1090. The normalized spacial score (nSPS) is 10.9. The summed E-state index contributed by atoms with van der Waals surface area (Å²) >= 11 is 6.25. The van der Waals surface area contributed by atoms with Gasteiger partial charge in [-0.25, -0.2) is 4.79 Å². The predicted molar refractivity (Wildman–Crippen MR) is 112 cm³/mol. The molecule has 6 heteroatoms. The molecule has 0 fully saturated rings. The number of rotatable bonds is 5. The Labute approximate surface area is 168 Å². The second-order valence-corrected chi connectivity index (χ2v) is 7.25. The highest BCUT2D eigenvalue weighted by Crippen LogP contribution is 2.28. The van der Waals surface area contributed by atoms with Gasteiger partial charge in [0, 0.05) is 23.4 Å². The van der Waals surface area contributed by atoms with Gasteiger partial charge in [-0.2, -0.15) is 0 Å². The van der Waals surface area contributed by atoms with E-state index >= 15 is 0 Å². The Kier molecular flexibility index (Phi) is 5.75. The zero-order chi connectivity index (χ0) is 20.4. The maximum absolute atomic E-state index is 12.4. The fraction of sp³-hybridized carbons (Fsp3) is 0.273. The summed E-state index contributed by atoms with van der Waals surface area (Å²) in [6, 6.07) is 9.11. The van der Waals surface area contributed by atoms with Gasteiger partial charge in [-0.1, -0.05) is 17.7 Å². The van der Waals surface area contributed by atoms with E-state index in [9.17, 15) is 9.59 Å². The van der Waals surface area contributed by atoms with E-state index in [1.165, 1.54) is 0 Å². The number of halogens is 1. The molecule has 146 valence electrons. The van der Waals surface area contributed by atoms with Gasteiger partial charge in [0.2, 0.25) is 5.91 Å². The summed E-state index contributed by atoms with van der Waals surface area (Å²) in [5.41, 5.74) is 3.88. The topological polar surface area (TPSA) is 68.5 Å². The molecule has 0 aliphatic heterocycles. The van der Waals surface area contributed by atoms with Gasteiger partial charge >= 0.3 is 5.63 Å². The van der Waals surface area contributed by atoms with Crippen LogP contribution < -0.4 is 15.7 Å². The third-order valence-corrected chi connectivity index (χ3v) is 5.09. The first kappa shape index (κ1) is 20.0. The summed E-state index contributed by atoms with van der Waals surface area (Å²) in [6.07, 6.45) is 0.432. The molecule has 0 bridgehead atoms. The van der Waals surface area contributed by atoms with Crippen molar-refractivity contribution in [3.8, 4) is 5.75 Å². The Hall–Kier alpha value is -2.79. The van der Waals surface area contributed by atoms with Gasteiger partial charge in [-0.05, 0) is 62.1 Å². The average Bonchev–Trinajstić information content (AvgIpc) is 2.63. The van der Waals surface area contributed by atoms with E-state index in [1.54, 1.807) is 19.2 Å². The van der Waals surface area contributed by atoms with Gasteiger partial charge in [0.15, 0.2) is 0 Å². The molecule has 3 aromatic rings. The Morgan fingerprint density at radius 3 is 2.61 bits per heavy atom. The summed E-state index contributed by atoms with van der Waals surface area (Å²) in [6.45, 7) is 5.70. The largest absolute Gasteiger partial charge is 0.497 e. The van der Waals surface area contributed by atoms with Crippen molar-refractivity contribution in [3.05, 3.63) is 68.0 Å². The van der Waals surface area contributed by atoms with Gasteiger partial charge in [0.05, 0.1) is 17.8 Å². The van der Waals surface area contributed by atoms with Crippen molar-refractivity contribution in [1.29, 1.82) is 0 Å². The van der Waals surface area contributed by atoms with Gasteiger partial charge in [-0.3, -0.25) is 4.79 Å². The second-order valence-electron chi connectivity index (χ2n) is 6.84.